The van der Waals surface area contributed by atoms with Gasteiger partial charge in [0.05, 0.1) is 0 Å². The van der Waals surface area contributed by atoms with E-state index < -0.39 is 0 Å². The second kappa shape index (κ2) is 7.49. The van der Waals surface area contributed by atoms with Crippen LogP contribution in [0.2, 0.25) is 0 Å². The van der Waals surface area contributed by atoms with Crippen molar-refractivity contribution in [3.63, 3.8) is 0 Å². The average Bonchev–Trinajstić information content (AvgIpc) is 3.12. The third-order valence-corrected chi connectivity index (χ3v) is 2.93. The summed E-state index contributed by atoms with van der Waals surface area (Å²) in [5.74, 6) is 0.925. The van der Waals surface area contributed by atoms with Gasteiger partial charge in [-0.1, -0.05) is 13.8 Å². The maximum absolute atomic E-state index is 4.18. The van der Waals surface area contributed by atoms with E-state index >= 15 is 0 Å². The van der Waals surface area contributed by atoms with Crippen LogP contribution in [0.25, 0.3) is 0 Å². The monoisotopic (exact) mass is 226 g/mol. The predicted octanol–water partition coefficient (Wildman–Crippen LogP) is 1.05. The molecule has 0 heterocycles. The van der Waals surface area contributed by atoms with Crippen molar-refractivity contribution in [1.82, 2.24) is 15.5 Å². The lowest BCUT2D eigenvalue weighted by Crippen LogP contribution is -2.42. The summed E-state index contributed by atoms with van der Waals surface area (Å²) in [6.07, 6.45) is 3.90. The molecule has 1 aliphatic carbocycles. The molecule has 0 bridgehead atoms. The second-order valence-corrected chi connectivity index (χ2v) is 4.29. The average molecular weight is 226 g/mol. The van der Waals surface area contributed by atoms with Gasteiger partial charge in [0.15, 0.2) is 5.96 Å². The normalized spacial score (nSPS) is 16.6. The van der Waals surface area contributed by atoms with Crippen molar-refractivity contribution in [3.8, 4) is 0 Å². The Balaban J connectivity index is 2.11. The first-order chi connectivity index (χ1) is 7.81. The van der Waals surface area contributed by atoms with Crippen LogP contribution < -0.4 is 10.6 Å². The zero-order valence-corrected chi connectivity index (χ0v) is 10.9. The third-order valence-electron chi connectivity index (χ3n) is 2.93. The molecule has 1 saturated carbocycles. The summed E-state index contributed by atoms with van der Waals surface area (Å²) in [5, 5.41) is 6.62. The number of aliphatic imine (C=N–C) groups is 1. The van der Waals surface area contributed by atoms with E-state index in [9.17, 15) is 0 Å². The standard InChI is InChI=1S/C12H26N4/c1-4-8-14-12(13-3)15-9-10-16(5-2)11-6-7-11/h11H,4-10H2,1-3H3,(H2,13,14,15). The highest BCUT2D eigenvalue weighted by Gasteiger charge is 2.27. The Bertz CT molecular complexity index is 211. The Morgan fingerprint density at radius 3 is 2.44 bits per heavy atom. The number of hydrogen-bond acceptors (Lipinski definition) is 2. The van der Waals surface area contributed by atoms with Crippen molar-refractivity contribution in [1.29, 1.82) is 0 Å². The molecule has 4 nitrogen and oxygen atoms in total. The van der Waals surface area contributed by atoms with E-state index in [0.29, 0.717) is 0 Å². The van der Waals surface area contributed by atoms with Crippen LogP contribution in [0.3, 0.4) is 0 Å². The molecule has 0 aromatic heterocycles. The lowest BCUT2D eigenvalue weighted by molar-refractivity contribution is 0.282. The number of nitrogens with one attached hydrogen (secondary N) is 2. The Hall–Kier alpha value is -0.770. The molecular formula is C12H26N4. The lowest BCUT2D eigenvalue weighted by Gasteiger charge is -2.20. The molecule has 4 heteroatoms. The van der Waals surface area contributed by atoms with Crippen LogP contribution in [0.5, 0.6) is 0 Å². The van der Waals surface area contributed by atoms with Gasteiger partial charge >= 0.3 is 0 Å². The Morgan fingerprint density at radius 2 is 1.94 bits per heavy atom. The van der Waals surface area contributed by atoms with Gasteiger partial charge < -0.3 is 10.6 Å². The maximum Gasteiger partial charge on any atom is 0.191 e. The van der Waals surface area contributed by atoms with Crippen LogP contribution >= 0.6 is 0 Å². The fourth-order valence-electron chi connectivity index (χ4n) is 1.82. The highest BCUT2D eigenvalue weighted by Crippen LogP contribution is 2.25. The molecule has 1 rings (SSSR count). The van der Waals surface area contributed by atoms with E-state index in [2.05, 4.69) is 34.4 Å². The van der Waals surface area contributed by atoms with Crippen LogP contribution in [0.15, 0.2) is 4.99 Å². The van der Waals surface area contributed by atoms with Crippen LogP contribution in [-0.4, -0.2) is 50.1 Å². The van der Waals surface area contributed by atoms with Gasteiger partial charge in [0.2, 0.25) is 0 Å². The van der Waals surface area contributed by atoms with Crippen molar-refractivity contribution >= 4 is 5.96 Å². The van der Waals surface area contributed by atoms with Crippen molar-refractivity contribution in [2.45, 2.75) is 39.2 Å². The van der Waals surface area contributed by atoms with E-state index in [1.165, 1.54) is 12.8 Å². The summed E-state index contributed by atoms with van der Waals surface area (Å²) in [4.78, 5) is 6.73. The zero-order valence-electron chi connectivity index (χ0n) is 10.9. The number of guanidine groups is 1. The van der Waals surface area contributed by atoms with Gasteiger partial charge in [-0.05, 0) is 25.8 Å². The molecule has 1 fully saturated rings. The first kappa shape index (κ1) is 13.3. The summed E-state index contributed by atoms with van der Waals surface area (Å²) in [6.45, 7) is 8.64. The first-order valence-electron chi connectivity index (χ1n) is 6.50. The Kier molecular flexibility index (Phi) is 6.23. The van der Waals surface area contributed by atoms with Crippen LogP contribution in [-0.2, 0) is 0 Å². The predicted molar refractivity (Wildman–Crippen MR) is 69.9 cm³/mol. The molecule has 0 amide bonds. The fraction of sp³-hybridized carbons (Fsp3) is 0.917. The molecule has 0 spiro atoms. The van der Waals surface area contributed by atoms with E-state index in [4.69, 9.17) is 0 Å². The van der Waals surface area contributed by atoms with Gasteiger partial charge in [0, 0.05) is 32.7 Å². The minimum atomic E-state index is 0.859. The van der Waals surface area contributed by atoms with Gasteiger partial charge in [-0.15, -0.1) is 0 Å². The molecule has 0 aromatic rings. The number of nitrogens with zero attached hydrogens (tertiary/aromatic N) is 2. The van der Waals surface area contributed by atoms with Crippen molar-refractivity contribution < 1.29 is 0 Å². The molecular weight excluding hydrogens is 200 g/mol. The van der Waals surface area contributed by atoms with E-state index in [-0.39, 0.29) is 0 Å². The van der Waals surface area contributed by atoms with Crippen molar-refractivity contribution in [2.24, 2.45) is 4.99 Å². The minimum Gasteiger partial charge on any atom is -0.356 e. The number of hydrogen-bond donors (Lipinski definition) is 2. The van der Waals surface area contributed by atoms with Gasteiger partial charge in [0.25, 0.3) is 0 Å². The molecule has 0 saturated heterocycles. The summed E-state index contributed by atoms with van der Waals surface area (Å²) in [7, 11) is 1.82. The summed E-state index contributed by atoms with van der Waals surface area (Å²) >= 11 is 0. The van der Waals surface area contributed by atoms with E-state index in [0.717, 1.165) is 44.6 Å². The molecule has 0 atom stereocenters. The van der Waals surface area contributed by atoms with Crippen LogP contribution in [0.4, 0.5) is 0 Å². The van der Waals surface area contributed by atoms with Crippen LogP contribution in [0.1, 0.15) is 33.1 Å². The summed E-state index contributed by atoms with van der Waals surface area (Å²) in [6, 6.07) is 0.859. The molecule has 0 aliphatic heterocycles. The largest absolute Gasteiger partial charge is 0.356 e. The summed E-state index contributed by atoms with van der Waals surface area (Å²) in [5.41, 5.74) is 0. The molecule has 0 unspecified atom stereocenters. The molecule has 0 radical (unpaired) electrons. The Morgan fingerprint density at radius 1 is 1.25 bits per heavy atom. The van der Waals surface area contributed by atoms with E-state index in [1.807, 2.05) is 7.05 Å². The maximum atomic E-state index is 4.18. The van der Waals surface area contributed by atoms with Gasteiger partial charge in [0.1, 0.15) is 0 Å². The van der Waals surface area contributed by atoms with E-state index in [1.54, 1.807) is 0 Å². The lowest BCUT2D eigenvalue weighted by atomic mass is 10.4. The van der Waals surface area contributed by atoms with Crippen molar-refractivity contribution in [3.05, 3.63) is 0 Å². The third kappa shape index (κ3) is 4.84. The first-order valence-corrected chi connectivity index (χ1v) is 6.50. The Labute approximate surface area is 99.5 Å². The smallest absolute Gasteiger partial charge is 0.191 e. The minimum absolute atomic E-state index is 0.859. The SMILES string of the molecule is CCCNC(=NC)NCCN(CC)C1CC1. The second-order valence-electron chi connectivity index (χ2n) is 4.29. The topological polar surface area (TPSA) is 39.7 Å². The quantitative estimate of drug-likeness (QED) is 0.503. The molecule has 0 aromatic carbocycles. The zero-order chi connectivity index (χ0) is 11.8. The fourth-order valence-corrected chi connectivity index (χ4v) is 1.82. The highest BCUT2D eigenvalue weighted by molar-refractivity contribution is 5.79. The molecule has 16 heavy (non-hydrogen) atoms. The molecule has 1 aliphatic rings. The number of likely N-dealkylation sites (N-methyl/N-ethyl adjacent to an activating group) is 1. The van der Waals surface area contributed by atoms with Crippen molar-refractivity contribution in [2.75, 3.05) is 33.2 Å². The molecule has 94 valence electrons. The van der Waals surface area contributed by atoms with Crippen LogP contribution in [0, 0.1) is 0 Å². The van der Waals surface area contributed by atoms with Gasteiger partial charge in [-0.2, -0.15) is 0 Å². The molecule has 2 N–H and O–H groups in total. The number of rotatable bonds is 7. The van der Waals surface area contributed by atoms with Gasteiger partial charge in [-0.25, -0.2) is 0 Å². The van der Waals surface area contributed by atoms with Gasteiger partial charge in [-0.3, -0.25) is 9.89 Å². The highest BCUT2D eigenvalue weighted by atomic mass is 15.2. The summed E-state index contributed by atoms with van der Waals surface area (Å²) < 4.78 is 0.